The summed E-state index contributed by atoms with van der Waals surface area (Å²) in [6.45, 7) is 0. The van der Waals surface area contributed by atoms with Gasteiger partial charge in [0.15, 0.2) is 0 Å². The van der Waals surface area contributed by atoms with E-state index in [1.165, 1.54) is 24.3 Å². The van der Waals surface area contributed by atoms with Gasteiger partial charge < -0.3 is 5.32 Å². The highest BCUT2D eigenvalue weighted by Gasteiger charge is 2.39. The van der Waals surface area contributed by atoms with Crippen molar-refractivity contribution in [1.82, 2.24) is 0 Å². The summed E-state index contributed by atoms with van der Waals surface area (Å²) in [6, 6.07) is 7.08. The first-order valence-corrected chi connectivity index (χ1v) is 5.29. The van der Waals surface area contributed by atoms with Gasteiger partial charge in [0.25, 0.3) is 0 Å². The molecule has 0 spiro atoms. The smallest absolute Gasteiger partial charge is 0.351 e. The molecule has 0 saturated carbocycles. The minimum absolute atomic E-state index is 0.0219. The Morgan fingerprint density at radius 1 is 1.00 bits per heavy atom. The molecule has 1 aromatic rings. The highest BCUT2D eigenvalue weighted by molar-refractivity contribution is 6.00. The van der Waals surface area contributed by atoms with Crippen molar-refractivity contribution in [3.8, 4) is 0 Å². The molecule has 0 aliphatic rings. The number of benzene rings is 1. The summed E-state index contributed by atoms with van der Waals surface area (Å²) < 4.78 is 75.5. The van der Waals surface area contributed by atoms with E-state index < -0.39 is 23.8 Å². The van der Waals surface area contributed by atoms with Crippen LogP contribution in [0.15, 0.2) is 47.1 Å². The second kappa shape index (κ2) is 5.98. The first-order valence-electron chi connectivity index (χ1n) is 5.29. The Balaban J connectivity index is 3.14. The summed E-state index contributed by atoms with van der Waals surface area (Å²) in [5.74, 6) is 0. The molecule has 1 rings (SSSR count). The van der Waals surface area contributed by atoms with Crippen molar-refractivity contribution >= 4 is 11.4 Å². The van der Waals surface area contributed by atoms with E-state index in [0.717, 1.165) is 7.05 Å². The molecule has 0 atom stereocenters. The summed E-state index contributed by atoms with van der Waals surface area (Å²) in [7, 11) is 0.774. The lowest BCUT2D eigenvalue weighted by molar-refractivity contribution is -0.0904. The zero-order chi connectivity index (χ0) is 15.4. The van der Waals surface area contributed by atoms with Gasteiger partial charge in [-0.3, -0.25) is 4.99 Å². The van der Waals surface area contributed by atoms with Crippen LogP contribution in [0.4, 0.5) is 32.0 Å². The number of hydrogen-bond acceptors (Lipinski definition) is 2. The average molecular weight is 296 g/mol. The van der Waals surface area contributed by atoms with Gasteiger partial charge in [0.1, 0.15) is 11.4 Å². The number of hydrogen-bond donors (Lipinski definition) is 1. The Kier molecular flexibility index (Phi) is 4.80. The third-order valence-corrected chi connectivity index (χ3v) is 2.17. The molecule has 20 heavy (non-hydrogen) atoms. The third kappa shape index (κ3) is 4.60. The minimum Gasteiger partial charge on any atom is -0.351 e. The molecule has 8 heteroatoms. The van der Waals surface area contributed by atoms with E-state index in [1.54, 1.807) is 6.07 Å². The fourth-order valence-electron chi connectivity index (χ4n) is 1.28. The van der Waals surface area contributed by atoms with Crippen LogP contribution >= 0.6 is 0 Å². The normalized spacial score (nSPS) is 14.3. The van der Waals surface area contributed by atoms with Crippen LogP contribution in [0.1, 0.15) is 0 Å². The Morgan fingerprint density at radius 2 is 1.55 bits per heavy atom. The van der Waals surface area contributed by atoms with Crippen LogP contribution < -0.4 is 5.32 Å². The first-order chi connectivity index (χ1) is 9.14. The van der Waals surface area contributed by atoms with Gasteiger partial charge in [0.2, 0.25) is 0 Å². The number of halogens is 6. The second-order valence-corrected chi connectivity index (χ2v) is 3.65. The molecule has 0 radical (unpaired) electrons. The van der Waals surface area contributed by atoms with Crippen LogP contribution in [0, 0.1) is 0 Å². The highest BCUT2D eigenvalue weighted by atomic mass is 19.4. The summed E-state index contributed by atoms with van der Waals surface area (Å²) in [5, 5.41) is 1.91. The Hall–Kier alpha value is -1.99. The van der Waals surface area contributed by atoms with E-state index in [1.807, 2.05) is 5.32 Å². The van der Waals surface area contributed by atoms with E-state index >= 15 is 0 Å². The zero-order valence-corrected chi connectivity index (χ0v) is 10.2. The summed E-state index contributed by atoms with van der Waals surface area (Å²) >= 11 is 0. The molecule has 0 fully saturated rings. The first kappa shape index (κ1) is 16.1. The van der Waals surface area contributed by atoms with Gasteiger partial charge in [0, 0.05) is 12.7 Å². The van der Waals surface area contributed by atoms with Crippen molar-refractivity contribution in [3.63, 3.8) is 0 Å². The van der Waals surface area contributed by atoms with Gasteiger partial charge in [0.05, 0.1) is 0 Å². The monoisotopic (exact) mass is 296 g/mol. The largest absolute Gasteiger partial charge is 0.432 e. The van der Waals surface area contributed by atoms with Gasteiger partial charge >= 0.3 is 12.4 Å². The van der Waals surface area contributed by atoms with Crippen molar-refractivity contribution in [3.05, 3.63) is 42.1 Å². The molecule has 1 N–H and O–H groups in total. The average Bonchev–Trinajstić information content (AvgIpc) is 2.32. The van der Waals surface area contributed by atoms with Crippen molar-refractivity contribution in [1.29, 1.82) is 0 Å². The molecule has 2 nitrogen and oxygen atoms in total. The molecule has 0 saturated heterocycles. The summed E-state index contributed by atoms with van der Waals surface area (Å²) in [4.78, 5) is 2.83. The topological polar surface area (TPSA) is 24.4 Å². The molecular weight excluding hydrogens is 286 g/mol. The van der Waals surface area contributed by atoms with Crippen LogP contribution in [0.25, 0.3) is 0 Å². The van der Waals surface area contributed by atoms with E-state index in [-0.39, 0.29) is 11.8 Å². The fourth-order valence-corrected chi connectivity index (χ4v) is 1.28. The zero-order valence-electron chi connectivity index (χ0n) is 10.2. The molecular formula is C12H10F6N2. The van der Waals surface area contributed by atoms with Crippen LogP contribution in [-0.4, -0.2) is 25.1 Å². The summed E-state index contributed by atoms with van der Waals surface area (Å²) in [5.41, 5.74) is -3.14. The number of para-hydroxylation sites is 1. The second-order valence-electron chi connectivity index (χ2n) is 3.65. The molecule has 0 aromatic heterocycles. The lowest BCUT2D eigenvalue weighted by atomic mass is 10.2. The Bertz CT molecular complexity index is 499. The SMILES string of the molecule is CN=C(/C=C(\Nc1ccccc1)C(F)(F)F)C(F)(F)F. The maximum Gasteiger partial charge on any atom is 0.432 e. The van der Waals surface area contributed by atoms with E-state index in [2.05, 4.69) is 4.99 Å². The molecule has 0 aliphatic carbocycles. The maximum absolute atomic E-state index is 12.7. The van der Waals surface area contributed by atoms with Crippen molar-refractivity contribution in [2.75, 3.05) is 12.4 Å². The van der Waals surface area contributed by atoms with Crippen LogP contribution in [0.2, 0.25) is 0 Å². The molecule has 0 heterocycles. The lowest BCUT2D eigenvalue weighted by Crippen LogP contribution is -2.26. The molecule has 110 valence electrons. The van der Waals surface area contributed by atoms with Crippen molar-refractivity contribution < 1.29 is 26.3 Å². The van der Waals surface area contributed by atoms with E-state index in [9.17, 15) is 26.3 Å². The van der Waals surface area contributed by atoms with Gasteiger partial charge in [-0.15, -0.1) is 0 Å². The number of aliphatic imine (C=N–C) groups is 1. The Labute approximate surface area is 110 Å². The fraction of sp³-hybridized carbons (Fsp3) is 0.250. The van der Waals surface area contributed by atoms with Gasteiger partial charge in [-0.25, -0.2) is 0 Å². The quantitative estimate of drug-likeness (QED) is 0.657. The number of nitrogens with one attached hydrogen (secondary N) is 1. The van der Waals surface area contributed by atoms with Gasteiger partial charge in [-0.1, -0.05) is 18.2 Å². The van der Waals surface area contributed by atoms with Crippen LogP contribution in [-0.2, 0) is 0 Å². The molecule has 0 bridgehead atoms. The number of alkyl halides is 6. The van der Waals surface area contributed by atoms with Crippen molar-refractivity contribution in [2.24, 2.45) is 4.99 Å². The number of anilines is 1. The molecule has 1 aromatic carbocycles. The predicted molar refractivity (Wildman–Crippen MR) is 63.6 cm³/mol. The lowest BCUT2D eigenvalue weighted by Gasteiger charge is -2.15. The standard InChI is InChI=1S/C12H10F6N2/c1-19-9(11(13,14)15)7-10(12(16,17)18)20-8-5-3-2-4-6-8/h2-7,20H,1H3/b10-7-,19-9?. The van der Waals surface area contributed by atoms with Crippen LogP contribution in [0.5, 0.6) is 0 Å². The molecule has 0 aliphatic heterocycles. The van der Waals surface area contributed by atoms with E-state index in [4.69, 9.17) is 0 Å². The number of nitrogens with zero attached hydrogens (tertiary/aromatic N) is 1. The number of allylic oxidation sites excluding steroid dienone is 2. The highest BCUT2D eigenvalue weighted by Crippen LogP contribution is 2.29. The molecule has 0 unspecified atom stereocenters. The third-order valence-electron chi connectivity index (χ3n) is 2.17. The van der Waals surface area contributed by atoms with Crippen LogP contribution in [0.3, 0.4) is 0 Å². The predicted octanol–water partition coefficient (Wildman–Crippen LogP) is 4.18. The maximum atomic E-state index is 12.7. The van der Waals surface area contributed by atoms with Gasteiger partial charge in [-0.2, -0.15) is 26.3 Å². The van der Waals surface area contributed by atoms with Crippen molar-refractivity contribution in [2.45, 2.75) is 12.4 Å². The van der Waals surface area contributed by atoms with Gasteiger partial charge in [-0.05, 0) is 18.2 Å². The summed E-state index contributed by atoms with van der Waals surface area (Å²) in [6.07, 6.45) is -9.98. The Morgan fingerprint density at radius 3 is 1.95 bits per heavy atom. The van der Waals surface area contributed by atoms with E-state index in [0.29, 0.717) is 0 Å². The molecule has 0 amide bonds. The number of rotatable bonds is 3. The minimum atomic E-state index is -4.96.